The molecule has 7 aromatic carbocycles. The summed E-state index contributed by atoms with van der Waals surface area (Å²) in [6.45, 7) is 0. The zero-order valence-electron chi connectivity index (χ0n) is 37.9. The fourth-order valence-electron chi connectivity index (χ4n) is 6.36. The van der Waals surface area contributed by atoms with E-state index < -0.39 is 78.2 Å². The fraction of sp³-hybridized carbons (Fsp3) is 0. The number of para-hydroxylation sites is 2. The molecule has 5 nitrogen and oxygen atoms in total. The van der Waals surface area contributed by atoms with Gasteiger partial charge in [0.2, 0.25) is 0 Å². The van der Waals surface area contributed by atoms with E-state index >= 15 is 0 Å². The van der Waals surface area contributed by atoms with Crippen molar-refractivity contribution in [1.82, 2.24) is 19.5 Å². The van der Waals surface area contributed by atoms with E-state index in [1.54, 1.807) is 30.3 Å². The summed E-state index contributed by atoms with van der Waals surface area (Å²) in [6, 6.07) is 22.5. The lowest BCUT2D eigenvalue weighted by molar-refractivity contribution is 0.669. The van der Waals surface area contributed by atoms with Crippen LogP contribution in [0.3, 0.4) is 0 Å². The minimum Gasteiger partial charge on any atom is -0.456 e. The van der Waals surface area contributed by atoms with Gasteiger partial charge in [-0.3, -0.25) is 0 Å². The van der Waals surface area contributed by atoms with E-state index in [1.807, 2.05) is 66.7 Å². The Hall–Kier alpha value is -6.85. The Bertz CT molecular complexity index is 3480. The predicted octanol–water partition coefficient (Wildman–Crippen LogP) is 11.5. The largest absolute Gasteiger partial charge is 0.456 e. The lowest BCUT2D eigenvalue weighted by Crippen LogP contribution is -2.01. The minimum atomic E-state index is -0.704. The second-order valence-electron chi connectivity index (χ2n) is 11.5. The van der Waals surface area contributed by atoms with Crippen LogP contribution in [0.15, 0.2) is 174 Å². The van der Waals surface area contributed by atoms with Crippen LogP contribution in [-0.4, -0.2) is 19.5 Å². The van der Waals surface area contributed by atoms with Crippen LogP contribution in [0.25, 0.3) is 94.7 Å². The van der Waals surface area contributed by atoms with Gasteiger partial charge in [0, 0.05) is 43.9 Å². The van der Waals surface area contributed by atoms with Crippen LogP contribution >= 0.6 is 0 Å². The topological polar surface area (TPSA) is 56.7 Å². The molecule has 0 aliphatic carbocycles. The van der Waals surface area contributed by atoms with E-state index in [1.165, 1.54) is 0 Å². The molecule has 0 radical (unpaired) electrons. The van der Waals surface area contributed by atoms with E-state index in [0.29, 0.717) is 22.3 Å². The first-order valence-corrected chi connectivity index (χ1v) is 15.7. The molecule has 0 atom stereocenters. The van der Waals surface area contributed by atoms with Crippen molar-refractivity contribution < 1.29 is 20.9 Å². The van der Waals surface area contributed by atoms with Crippen LogP contribution in [0, 0.1) is 0 Å². The highest BCUT2D eigenvalue weighted by Gasteiger charge is 2.18. The van der Waals surface area contributed by atoms with Crippen molar-refractivity contribution in [1.29, 1.82) is 0 Å². The van der Waals surface area contributed by atoms with Gasteiger partial charge in [-0.05, 0) is 53.5 Å². The normalized spacial score (nSPS) is 15.0. The number of hydrogen-bond donors (Lipinski definition) is 0. The van der Waals surface area contributed by atoms with Crippen molar-refractivity contribution in [2.75, 3.05) is 0 Å². The number of aromatic nitrogens is 4. The Morgan fingerprint density at radius 1 is 0.480 bits per heavy atom. The van der Waals surface area contributed by atoms with E-state index in [2.05, 4.69) is 0 Å². The Kier molecular flexibility index (Phi) is 4.24. The van der Waals surface area contributed by atoms with E-state index in [0.717, 1.165) is 26.5 Å². The van der Waals surface area contributed by atoms with Crippen molar-refractivity contribution >= 4 is 43.7 Å². The maximum Gasteiger partial charge on any atom is 0.164 e. The van der Waals surface area contributed by atoms with Crippen LogP contribution in [0.1, 0.15) is 16.4 Å². The summed E-state index contributed by atoms with van der Waals surface area (Å²) in [6.07, 6.45) is 0. The predicted molar refractivity (Wildman–Crippen MR) is 203 cm³/mol. The smallest absolute Gasteiger partial charge is 0.164 e. The highest BCUT2D eigenvalue weighted by molar-refractivity contribution is 6.13. The first-order chi connectivity index (χ1) is 29.8. The van der Waals surface area contributed by atoms with Crippen molar-refractivity contribution in [3.63, 3.8) is 0 Å². The van der Waals surface area contributed by atoms with Gasteiger partial charge in [-0.1, -0.05) is 127 Å². The van der Waals surface area contributed by atoms with Gasteiger partial charge >= 0.3 is 0 Å². The first-order valence-electron chi connectivity index (χ1n) is 21.7. The second-order valence-corrected chi connectivity index (χ2v) is 11.5. The zero-order chi connectivity index (χ0) is 43.5. The molecule has 3 heterocycles. The molecular weight excluding hydrogens is 613 g/mol. The molecule has 3 aromatic heterocycles. The monoisotopic (exact) mass is 652 g/mol. The lowest BCUT2D eigenvalue weighted by Gasteiger charge is -2.11. The quantitative estimate of drug-likeness (QED) is 0.186. The van der Waals surface area contributed by atoms with E-state index in [9.17, 15) is 1.37 Å². The molecule has 234 valence electrons. The summed E-state index contributed by atoms with van der Waals surface area (Å²) >= 11 is 0. The second kappa shape index (κ2) is 11.4. The van der Waals surface area contributed by atoms with Crippen molar-refractivity contribution in [3.05, 3.63) is 170 Å². The van der Waals surface area contributed by atoms with Crippen LogP contribution in [0.2, 0.25) is 0 Å². The summed E-state index contributed by atoms with van der Waals surface area (Å²) in [7, 11) is 0. The molecule has 50 heavy (non-hydrogen) atoms. The third kappa shape index (κ3) is 4.60. The molecule has 0 spiro atoms. The zero-order valence-corrected chi connectivity index (χ0v) is 25.9. The third-order valence-electron chi connectivity index (χ3n) is 8.60. The standard InChI is InChI=1S/C45H28N4O/c1-3-13-29(14-4-1)34-21-12-24-40-42(34)37-26-25-32(28-41(37)50-40)45-47-43(30-15-5-2-6-16-30)46-44(48-45)31-17-11-18-33(27-31)49-38-22-9-7-19-35(38)36-20-8-10-23-39(36)49/h1-28H/i7D,8D,9D,10D,11D,17D,18D,19D,20D,22D,23D,27D. The Morgan fingerprint density at radius 2 is 1.12 bits per heavy atom. The molecular formula is C45H28N4O. The lowest BCUT2D eigenvalue weighted by atomic mass is 9.99. The number of rotatable bonds is 5. The maximum atomic E-state index is 9.70. The average Bonchev–Trinajstić information content (AvgIpc) is 3.85. The number of furan rings is 1. The molecule has 0 amide bonds. The summed E-state index contributed by atoms with van der Waals surface area (Å²) in [5.41, 5.74) is 2.81. The van der Waals surface area contributed by atoms with Gasteiger partial charge in [0.15, 0.2) is 17.5 Å². The molecule has 0 saturated heterocycles. The molecule has 0 unspecified atom stereocenters. The van der Waals surface area contributed by atoms with Gasteiger partial charge < -0.3 is 8.98 Å². The summed E-state index contributed by atoms with van der Waals surface area (Å²) in [4.78, 5) is 14.3. The first kappa shape index (κ1) is 18.6. The van der Waals surface area contributed by atoms with Gasteiger partial charge in [-0.25, -0.2) is 15.0 Å². The molecule has 10 rings (SSSR count). The number of hydrogen-bond acceptors (Lipinski definition) is 4. The van der Waals surface area contributed by atoms with Crippen LogP contribution in [0.5, 0.6) is 0 Å². The molecule has 10 aromatic rings. The number of benzene rings is 7. The highest BCUT2D eigenvalue weighted by Crippen LogP contribution is 2.38. The van der Waals surface area contributed by atoms with Crippen molar-refractivity contribution in [3.8, 4) is 51.0 Å². The maximum absolute atomic E-state index is 9.70. The van der Waals surface area contributed by atoms with Gasteiger partial charge in [0.05, 0.1) is 27.5 Å². The highest BCUT2D eigenvalue weighted by atomic mass is 16.3. The molecule has 0 aliphatic rings. The summed E-state index contributed by atoms with van der Waals surface area (Å²) in [5, 5.41) is 1.25. The Balaban J connectivity index is 1.26. The number of nitrogens with zero attached hydrogens (tertiary/aromatic N) is 4. The van der Waals surface area contributed by atoms with E-state index in [4.69, 9.17) is 34.4 Å². The Labute approximate surface area is 304 Å². The van der Waals surface area contributed by atoms with Crippen molar-refractivity contribution in [2.45, 2.75) is 0 Å². The minimum absolute atomic E-state index is 0.126. The molecule has 0 aliphatic heterocycles. The fourth-order valence-corrected chi connectivity index (χ4v) is 6.36. The van der Waals surface area contributed by atoms with Gasteiger partial charge in [0.25, 0.3) is 0 Å². The molecule has 0 fully saturated rings. The van der Waals surface area contributed by atoms with Crippen LogP contribution in [-0.2, 0) is 0 Å². The molecule has 5 heteroatoms. The van der Waals surface area contributed by atoms with Crippen molar-refractivity contribution in [2.24, 2.45) is 0 Å². The van der Waals surface area contributed by atoms with Crippen LogP contribution in [0.4, 0.5) is 0 Å². The third-order valence-corrected chi connectivity index (χ3v) is 8.60. The number of fused-ring (bicyclic) bond motifs is 6. The van der Waals surface area contributed by atoms with Gasteiger partial charge in [-0.15, -0.1) is 0 Å². The van der Waals surface area contributed by atoms with Gasteiger partial charge in [0.1, 0.15) is 11.2 Å². The molecule has 0 saturated carbocycles. The Morgan fingerprint density at radius 3 is 1.84 bits per heavy atom. The van der Waals surface area contributed by atoms with Crippen LogP contribution < -0.4 is 0 Å². The van der Waals surface area contributed by atoms with E-state index in [-0.39, 0.29) is 44.8 Å². The molecule has 0 N–H and O–H groups in total. The average molecular weight is 653 g/mol. The summed E-state index contributed by atoms with van der Waals surface area (Å²) < 4.78 is 114. The SMILES string of the molecule is [2H]c1c([2H])c(-c2nc(-c3ccccc3)nc(-c3ccc4c(c3)oc3cccc(-c5ccccc5)c34)n2)c([2H])c(-n2c3c([2H])c([2H])c([2H])c([2H])c3c3c([2H])c([2H])c([2H])c([2H])c32)c1[2H]. The molecule has 0 bridgehead atoms. The van der Waals surface area contributed by atoms with Gasteiger partial charge in [-0.2, -0.15) is 0 Å². The summed E-state index contributed by atoms with van der Waals surface area (Å²) in [5.74, 6) is 0.0595.